The molecule has 8 heteroatoms. The first kappa shape index (κ1) is 14.9. The number of nitrogens with one attached hydrogen (secondary N) is 2. The Labute approximate surface area is 131 Å². The molecule has 0 unspecified atom stereocenters. The van der Waals surface area contributed by atoms with E-state index in [1.165, 1.54) is 18.5 Å². The number of hydrogen-bond donors (Lipinski definition) is 3. The predicted octanol–water partition coefficient (Wildman–Crippen LogP) is 1.25. The van der Waals surface area contributed by atoms with Crippen molar-refractivity contribution in [3.63, 3.8) is 0 Å². The summed E-state index contributed by atoms with van der Waals surface area (Å²) in [7, 11) is 0. The third kappa shape index (κ3) is 3.42. The number of carbonyl (C=O) groups is 1. The first-order chi connectivity index (χ1) is 11.1. The van der Waals surface area contributed by atoms with Gasteiger partial charge in [-0.05, 0) is 24.1 Å². The molecule has 2 aromatic heterocycles. The summed E-state index contributed by atoms with van der Waals surface area (Å²) >= 11 is 0. The fraction of sp³-hybridized carbons (Fsp3) is 0.200. The Morgan fingerprint density at radius 2 is 2.09 bits per heavy atom. The number of primary amides is 1. The Hall–Kier alpha value is -3.03. The van der Waals surface area contributed by atoms with E-state index in [0.29, 0.717) is 24.4 Å². The Morgan fingerprint density at radius 3 is 2.83 bits per heavy atom. The summed E-state index contributed by atoms with van der Waals surface area (Å²) in [5.41, 5.74) is 6.92. The van der Waals surface area contributed by atoms with Crippen LogP contribution in [0.25, 0.3) is 11.0 Å². The molecule has 1 amide bonds. The van der Waals surface area contributed by atoms with E-state index >= 15 is 0 Å². The molecule has 0 bridgehead atoms. The van der Waals surface area contributed by atoms with Gasteiger partial charge in [-0.2, -0.15) is 5.10 Å². The first-order valence-corrected chi connectivity index (χ1v) is 7.05. The third-order valence-corrected chi connectivity index (χ3v) is 3.56. The molecule has 0 aliphatic heterocycles. The lowest BCUT2D eigenvalue weighted by Crippen LogP contribution is -2.31. The number of amides is 1. The van der Waals surface area contributed by atoms with Gasteiger partial charge in [-0.3, -0.25) is 9.89 Å². The van der Waals surface area contributed by atoms with Crippen molar-refractivity contribution in [3.05, 3.63) is 48.2 Å². The van der Waals surface area contributed by atoms with Crippen LogP contribution in [0, 0.1) is 11.7 Å². The molecular weight excluding hydrogens is 299 g/mol. The van der Waals surface area contributed by atoms with Crippen LogP contribution in [0.4, 0.5) is 10.2 Å². The van der Waals surface area contributed by atoms with Crippen LogP contribution in [0.1, 0.15) is 5.56 Å². The van der Waals surface area contributed by atoms with Gasteiger partial charge in [0.1, 0.15) is 18.0 Å². The number of anilines is 1. The number of halogens is 1. The molecule has 0 aliphatic rings. The van der Waals surface area contributed by atoms with E-state index in [0.717, 1.165) is 10.9 Å². The van der Waals surface area contributed by atoms with E-state index in [-0.39, 0.29) is 5.82 Å². The topological polar surface area (TPSA) is 110 Å². The number of carbonyl (C=O) groups excluding carboxylic acids is 1. The molecule has 23 heavy (non-hydrogen) atoms. The quantitative estimate of drug-likeness (QED) is 0.634. The van der Waals surface area contributed by atoms with Crippen molar-refractivity contribution in [3.8, 4) is 0 Å². The second-order valence-electron chi connectivity index (χ2n) is 5.17. The summed E-state index contributed by atoms with van der Waals surface area (Å²) in [6, 6.07) is 6.01. The van der Waals surface area contributed by atoms with Crippen molar-refractivity contribution < 1.29 is 9.18 Å². The van der Waals surface area contributed by atoms with Crippen LogP contribution in [-0.2, 0) is 11.2 Å². The maximum Gasteiger partial charge on any atom is 0.222 e. The van der Waals surface area contributed by atoms with E-state index < -0.39 is 11.8 Å². The Bertz CT molecular complexity index is 816. The number of benzene rings is 1. The number of H-pyrrole nitrogens is 1. The largest absolute Gasteiger partial charge is 0.369 e. The van der Waals surface area contributed by atoms with Crippen molar-refractivity contribution in [1.82, 2.24) is 20.2 Å². The van der Waals surface area contributed by atoms with Crippen molar-refractivity contribution in [2.24, 2.45) is 11.7 Å². The molecular formula is C15H15FN6O. The zero-order chi connectivity index (χ0) is 16.2. The maximum absolute atomic E-state index is 12.9. The summed E-state index contributed by atoms with van der Waals surface area (Å²) in [5.74, 6) is -0.614. The molecule has 2 heterocycles. The Balaban J connectivity index is 1.71. The maximum atomic E-state index is 12.9. The van der Waals surface area contributed by atoms with Crippen LogP contribution in [0.15, 0.2) is 36.8 Å². The van der Waals surface area contributed by atoms with Crippen molar-refractivity contribution in [2.75, 3.05) is 11.9 Å². The third-order valence-electron chi connectivity index (χ3n) is 3.56. The molecule has 0 fully saturated rings. The van der Waals surface area contributed by atoms with Crippen molar-refractivity contribution in [1.29, 1.82) is 0 Å². The molecule has 4 N–H and O–H groups in total. The second kappa shape index (κ2) is 6.39. The highest BCUT2D eigenvalue weighted by atomic mass is 19.1. The van der Waals surface area contributed by atoms with Crippen LogP contribution in [0.3, 0.4) is 0 Å². The molecule has 0 spiro atoms. The number of hydrogen-bond acceptors (Lipinski definition) is 5. The standard InChI is InChI=1S/C15H15FN6O/c16-11-3-1-9(2-4-11)5-10(13(17)23)6-18-14-12-7-21-22-15(12)20-8-19-14/h1-4,7-8,10H,5-6H2,(H2,17,23)(H2,18,19,20,21,22)/t10-/m0/s1. The first-order valence-electron chi connectivity index (χ1n) is 7.05. The molecule has 3 rings (SSSR count). The molecule has 0 radical (unpaired) electrons. The molecule has 0 saturated carbocycles. The van der Waals surface area contributed by atoms with Crippen LogP contribution in [0.2, 0.25) is 0 Å². The zero-order valence-electron chi connectivity index (χ0n) is 12.2. The smallest absolute Gasteiger partial charge is 0.222 e. The lowest BCUT2D eigenvalue weighted by atomic mass is 9.98. The highest BCUT2D eigenvalue weighted by Crippen LogP contribution is 2.17. The zero-order valence-corrected chi connectivity index (χ0v) is 12.2. The number of aromatic amines is 1. The van der Waals surface area contributed by atoms with Crippen molar-refractivity contribution >= 4 is 22.8 Å². The number of nitrogens with two attached hydrogens (primary N) is 1. The predicted molar refractivity (Wildman–Crippen MR) is 83.0 cm³/mol. The SMILES string of the molecule is NC(=O)[C@H](CNc1ncnc2[nH]ncc12)Cc1ccc(F)cc1. The highest BCUT2D eigenvalue weighted by molar-refractivity contribution is 5.86. The van der Waals surface area contributed by atoms with Gasteiger partial charge in [0.25, 0.3) is 0 Å². The molecule has 0 aliphatic carbocycles. The molecule has 3 aromatic rings. The van der Waals surface area contributed by atoms with Crippen LogP contribution in [0.5, 0.6) is 0 Å². The van der Waals surface area contributed by atoms with E-state index in [4.69, 9.17) is 5.73 Å². The number of nitrogens with zero attached hydrogens (tertiary/aromatic N) is 3. The fourth-order valence-corrected chi connectivity index (χ4v) is 2.30. The van der Waals surface area contributed by atoms with Gasteiger partial charge in [0.15, 0.2) is 5.65 Å². The van der Waals surface area contributed by atoms with Gasteiger partial charge < -0.3 is 11.1 Å². The van der Waals surface area contributed by atoms with E-state index in [1.54, 1.807) is 18.3 Å². The summed E-state index contributed by atoms with van der Waals surface area (Å²) in [6.07, 6.45) is 3.43. The van der Waals surface area contributed by atoms with E-state index in [9.17, 15) is 9.18 Å². The van der Waals surface area contributed by atoms with Crippen LogP contribution < -0.4 is 11.1 Å². The summed E-state index contributed by atoms with van der Waals surface area (Å²) in [5, 5.41) is 10.5. The van der Waals surface area contributed by atoms with Gasteiger partial charge in [0.2, 0.25) is 5.91 Å². The summed E-state index contributed by atoms with van der Waals surface area (Å²) in [4.78, 5) is 19.9. The van der Waals surface area contributed by atoms with Gasteiger partial charge in [-0.25, -0.2) is 14.4 Å². The number of rotatable bonds is 6. The van der Waals surface area contributed by atoms with Gasteiger partial charge in [-0.15, -0.1) is 0 Å². The van der Waals surface area contributed by atoms with E-state index in [1.807, 2.05) is 0 Å². The van der Waals surface area contributed by atoms with Gasteiger partial charge in [-0.1, -0.05) is 12.1 Å². The van der Waals surface area contributed by atoms with Crippen LogP contribution in [-0.4, -0.2) is 32.6 Å². The molecule has 7 nitrogen and oxygen atoms in total. The lowest BCUT2D eigenvalue weighted by molar-refractivity contribution is -0.121. The van der Waals surface area contributed by atoms with Gasteiger partial charge in [0.05, 0.1) is 17.5 Å². The van der Waals surface area contributed by atoms with Gasteiger partial charge in [0, 0.05) is 6.54 Å². The monoisotopic (exact) mass is 314 g/mol. The van der Waals surface area contributed by atoms with E-state index in [2.05, 4.69) is 25.5 Å². The number of aromatic nitrogens is 4. The fourth-order valence-electron chi connectivity index (χ4n) is 2.30. The minimum Gasteiger partial charge on any atom is -0.369 e. The average Bonchev–Trinajstić information content (AvgIpc) is 3.02. The minimum atomic E-state index is -0.447. The van der Waals surface area contributed by atoms with Crippen LogP contribution >= 0.6 is 0 Å². The molecule has 0 saturated heterocycles. The Kier molecular flexibility index (Phi) is 4.13. The Morgan fingerprint density at radius 1 is 1.30 bits per heavy atom. The molecule has 1 atom stereocenters. The average molecular weight is 314 g/mol. The summed E-state index contributed by atoms with van der Waals surface area (Å²) < 4.78 is 12.9. The second-order valence-corrected chi connectivity index (χ2v) is 5.17. The highest BCUT2D eigenvalue weighted by Gasteiger charge is 2.17. The van der Waals surface area contributed by atoms with Crippen molar-refractivity contribution in [2.45, 2.75) is 6.42 Å². The summed E-state index contributed by atoms with van der Waals surface area (Å²) in [6.45, 7) is 0.310. The van der Waals surface area contributed by atoms with Gasteiger partial charge >= 0.3 is 0 Å². The molecule has 118 valence electrons. The molecule has 1 aromatic carbocycles. The minimum absolute atomic E-state index is 0.310. The lowest BCUT2D eigenvalue weighted by Gasteiger charge is -2.15. The number of fused-ring (bicyclic) bond motifs is 1. The normalized spacial score (nSPS) is 12.2.